The zero-order valence-corrected chi connectivity index (χ0v) is 9.12. The summed E-state index contributed by atoms with van der Waals surface area (Å²) in [6, 6.07) is 3.35. The van der Waals surface area contributed by atoms with Crippen molar-refractivity contribution < 1.29 is 10.2 Å². The molecule has 0 radical (unpaired) electrons. The van der Waals surface area contributed by atoms with Gasteiger partial charge in [-0.1, -0.05) is 17.7 Å². The number of nitrogens with two attached hydrogens (primary N) is 1. The van der Waals surface area contributed by atoms with E-state index in [-0.39, 0.29) is 12.4 Å². The lowest BCUT2D eigenvalue weighted by Crippen LogP contribution is -2.00. The molecule has 0 atom stereocenters. The van der Waals surface area contributed by atoms with Crippen LogP contribution in [0, 0.1) is 0 Å². The predicted octanol–water partition coefficient (Wildman–Crippen LogP) is 1.93. The molecule has 0 aromatic heterocycles. The molecule has 82 valence electrons. The molecule has 0 amide bonds. The monoisotopic (exact) mass is 207 g/mol. The fraction of sp³-hybridized carbons (Fsp3) is 0.333. The summed E-state index contributed by atoms with van der Waals surface area (Å²) in [5.74, 6) is 0.176. The summed E-state index contributed by atoms with van der Waals surface area (Å²) in [5, 5.41) is 18.5. The number of aliphatic hydroxyl groups is 1. The molecule has 0 aliphatic heterocycles. The molecular formula is C12H17NO2. The minimum Gasteiger partial charge on any atom is -0.507 e. The van der Waals surface area contributed by atoms with Gasteiger partial charge in [0.15, 0.2) is 0 Å². The largest absolute Gasteiger partial charge is 0.507 e. The van der Waals surface area contributed by atoms with Crippen molar-refractivity contribution in [1.29, 1.82) is 0 Å². The quantitative estimate of drug-likeness (QED) is 0.663. The second kappa shape index (κ2) is 4.84. The molecule has 1 aromatic carbocycles. The highest BCUT2D eigenvalue weighted by molar-refractivity contribution is 5.73. The van der Waals surface area contributed by atoms with Gasteiger partial charge in [0.2, 0.25) is 0 Å². The van der Waals surface area contributed by atoms with Gasteiger partial charge >= 0.3 is 0 Å². The Balaban J connectivity index is 3.24. The first-order valence-electron chi connectivity index (χ1n) is 4.92. The van der Waals surface area contributed by atoms with E-state index in [0.29, 0.717) is 17.7 Å². The Morgan fingerprint density at radius 2 is 2.07 bits per heavy atom. The van der Waals surface area contributed by atoms with E-state index in [1.807, 2.05) is 19.9 Å². The second-order valence-electron chi connectivity index (χ2n) is 3.77. The van der Waals surface area contributed by atoms with E-state index in [9.17, 15) is 5.11 Å². The van der Waals surface area contributed by atoms with Gasteiger partial charge in [-0.25, -0.2) is 0 Å². The molecule has 0 fully saturated rings. The molecule has 0 aliphatic carbocycles. The van der Waals surface area contributed by atoms with Crippen LogP contribution >= 0.6 is 0 Å². The first kappa shape index (κ1) is 11.6. The van der Waals surface area contributed by atoms with Crippen molar-refractivity contribution in [3.05, 3.63) is 28.8 Å². The van der Waals surface area contributed by atoms with Gasteiger partial charge in [-0.15, -0.1) is 0 Å². The van der Waals surface area contributed by atoms with Crippen molar-refractivity contribution >= 4 is 11.8 Å². The molecule has 0 spiro atoms. The molecule has 4 N–H and O–H groups in total. The molecule has 1 aromatic rings. The van der Waals surface area contributed by atoms with Crippen molar-refractivity contribution in [3.8, 4) is 5.75 Å². The Morgan fingerprint density at radius 1 is 1.40 bits per heavy atom. The van der Waals surface area contributed by atoms with E-state index in [1.165, 1.54) is 0 Å². The third-order valence-corrected chi connectivity index (χ3v) is 2.17. The Kier molecular flexibility index (Phi) is 3.74. The number of benzene rings is 1. The number of rotatable bonds is 3. The molecule has 0 saturated heterocycles. The van der Waals surface area contributed by atoms with Crippen molar-refractivity contribution in [1.82, 2.24) is 0 Å². The number of allylic oxidation sites excluding steroid dienone is 1. The highest BCUT2D eigenvalue weighted by Crippen LogP contribution is 2.29. The number of anilines is 1. The Bertz CT molecular complexity index is 379. The van der Waals surface area contributed by atoms with E-state index < -0.39 is 0 Å². The van der Waals surface area contributed by atoms with Crippen LogP contribution < -0.4 is 5.73 Å². The summed E-state index contributed by atoms with van der Waals surface area (Å²) in [7, 11) is 0. The minimum absolute atomic E-state index is 0.0588. The van der Waals surface area contributed by atoms with E-state index in [0.717, 1.165) is 11.1 Å². The highest BCUT2D eigenvalue weighted by atomic mass is 16.3. The van der Waals surface area contributed by atoms with Crippen molar-refractivity contribution in [2.75, 3.05) is 12.3 Å². The third-order valence-electron chi connectivity index (χ3n) is 2.17. The van der Waals surface area contributed by atoms with Gasteiger partial charge in [-0.2, -0.15) is 0 Å². The maximum Gasteiger partial charge on any atom is 0.124 e. The van der Waals surface area contributed by atoms with Gasteiger partial charge in [0.1, 0.15) is 5.75 Å². The molecule has 0 heterocycles. The SMILES string of the molecule is CC(C)=Cc1c(O)ccc(CCO)c1N. The normalized spacial score (nSPS) is 10.1. The van der Waals surface area contributed by atoms with E-state index in [1.54, 1.807) is 12.1 Å². The van der Waals surface area contributed by atoms with Crippen molar-refractivity contribution in [3.63, 3.8) is 0 Å². The summed E-state index contributed by atoms with van der Waals surface area (Å²) >= 11 is 0. The third kappa shape index (κ3) is 2.73. The lowest BCUT2D eigenvalue weighted by atomic mass is 10.0. The van der Waals surface area contributed by atoms with Gasteiger partial charge < -0.3 is 15.9 Å². The number of aromatic hydroxyl groups is 1. The second-order valence-corrected chi connectivity index (χ2v) is 3.77. The summed E-state index contributed by atoms with van der Waals surface area (Å²) in [4.78, 5) is 0. The topological polar surface area (TPSA) is 66.5 Å². The zero-order valence-electron chi connectivity index (χ0n) is 9.12. The fourth-order valence-corrected chi connectivity index (χ4v) is 1.45. The summed E-state index contributed by atoms with van der Waals surface area (Å²) < 4.78 is 0. The number of hydrogen-bond donors (Lipinski definition) is 3. The summed E-state index contributed by atoms with van der Waals surface area (Å²) in [5.41, 5.74) is 9.02. The standard InChI is InChI=1S/C12H17NO2/c1-8(2)7-10-11(15)4-3-9(5-6-14)12(10)13/h3-4,7,14-15H,5-6,13H2,1-2H3. The molecular weight excluding hydrogens is 190 g/mol. The van der Waals surface area contributed by atoms with E-state index in [2.05, 4.69) is 0 Å². The summed E-state index contributed by atoms with van der Waals surface area (Å²) in [6.07, 6.45) is 2.35. The average Bonchev–Trinajstić information content (AvgIpc) is 2.17. The smallest absolute Gasteiger partial charge is 0.124 e. The van der Waals surface area contributed by atoms with Crippen LogP contribution in [0.1, 0.15) is 25.0 Å². The van der Waals surface area contributed by atoms with Crippen molar-refractivity contribution in [2.24, 2.45) is 0 Å². The van der Waals surface area contributed by atoms with Crippen molar-refractivity contribution in [2.45, 2.75) is 20.3 Å². The number of phenols is 1. The Morgan fingerprint density at radius 3 is 2.60 bits per heavy atom. The number of hydrogen-bond acceptors (Lipinski definition) is 3. The van der Waals surface area contributed by atoms with Gasteiger partial charge in [0.05, 0.1) is 0 Å². The first-order chi connectivity index (χ1) is 7.06. The Hall–Kier alpha value is -1.48. The van der Waals surface area contributed by atoms with Crippen LogP contribution in [0.25, 0.3) is 6.08 Å². The van der Waals surface area contributed by atoms with Crippen LogP contribution in [0.15, 0.2) is 17.7 Å². The maximum absolute atomic E-state index is 9.65. The van der Waals surface area contributed by atoms with Crippen LogP contribution in [-0.4, -0.2) is 16.8 Å². The first-order valence-corrected chi connectivity index (χ1v) is 4.92. The number of aliphatic hydroxyl groups excluding tert-OH is 1. The van der Waals surface area contributed by atoms with E-state index in [4.69, 9.17) is 10.8 Å². The summed E-state index contributed by atoms with van der Waals surface area (Å²) in [6.45, 7) is 3.94. The minimum atomic E-state index is 0.0588. The molecule has 1 rings (SSSR count). The van der Waals surface area contributed by atoms with E-state index >= 15 is 0 Å². The Labute approximate surface area is 89.9 Å². The van der Waals surface area contributed by atoms with Gasteiger partial charge in [-0.05, 0) is 31.9 Å². The number of nitrogen functional groups attached to an aromatic ring is 1. The molecule has 3 nitrogen and oxygen atoms in total. The average molecular weight is 207 g/mol. The van der Waals surface area contributed by atoms with Crippen LogP contribution in [0.4, 0.5) is 5.69 Å². The molecule has 0 bridgehead atoms. The molecule has 15 heavy (non-hydrogen) atoms. The lowest BCUT2D eigenvalue weighted by Gasteiger charge is -2.09. The zero-order chi connectivity index (χ0) is 11.4. The fourth-order valence-electron chi connectivity index (χ4n) is 1.45. The number of phenolic OH excluding ortho intramolecular Hbond substituents is 1. The van der Waals surface area contributed by atoms with Gasteiger partial charge in [0.25, 0.3) is 0 Å². The van der Waals surface area contributed by atoms with Crippen LogP contribution in [0.2, 0.25) is 0 Å². The van der Waals surface area contributed by atoms with Crippen LogP contribution in [0.5, 0.6) is 5.75 Å². The van der Waals surface area contributed by atoms with Gasteiger partial charge in [-0.3, -0.25) is 0 Å². The predicted molar refractivity (Wildman–Crippen MR) is 62.6 cm³/mol. The molecule has 0 unspecified atom stereocenters. The maximum atomic E-state index is 9.65. The van der Waals surface area contributed by atoms with Crippen LogP contribution in [0.3, 0.4) is 0 Å². The highest BCUT2D eigenvalue weighted by Gasteiger charge is 2.07. The lowest BCUT2D eigenvalue weighted by molar-refractivity contribution is 0.300. The molecule has 0 saturated carbocycles. The molecule has 0 aliphatic rings. The van der Waals surface area contributed by atoms with Crippen LogP contribution in [-0.2, 0) is 6.42 Å². The van der Waals surface area contributed by atoms with Gasteiger partial charge in [0, 0.05) is 17.9 Å². The molecule has 3 heteroatoms.